The summed E-state index contributed by atoms with van der Waals surface area (Å²) in [5.74, 6) is -1.20. The van der Waals surface area contributed by atoms with Crippen molar-refractivity contribution in [2.75, 3.05) is 13.7 Å². The second-order valence-corrected chi connectivity index (χ2v) is 5.34. The van der Waals surface area contributed by atoms with Crippen LogP contribution in [0.15, 0.2) is 18.2 Å². The minimum Gasteiger partial charge on any atom is -0.483 e. The van der Waals surface area contributed by atoms with Crippen molar-refractivity contribution in [3.63, 3.8) is 0 Å². The molecule has 2 N–H and O–H groups in total. The summed E-state index contributed by atoms with van der Waals surface area (Å²) in [5.41, 5.74) is -1.54. The first-order chi connectivity index (χ1) is 9.92. The van der Waals surface area contributed by atoms with Crippen molar-refractivity contribution in [1.82, 2.24) is 5.32 Å². The van der Waals surface area contributed by atoms with Gasteiger partial charge in [0.15, 0.2) is 5.54 Å². The molecule has 0 aromatic heterocycles. The van der Waals surface area contributed by atoms with Gasteiger partial charge in [0, 0.05) is 6.07 Å². The number of hydrogen-bond acceptors (Lipinski definition) is 5. The largest absolute Gasteiger partial charge is 0.483 e. The number of carboxylic acid groups (broad SMARTS) is 1. The smallest absolute Gasteiger partial charge is 0.327 e. The molecule has 0 spiro atoms. The molecule has 8 heteroatoms. The van der Waals surface area contributed by atoms with Crippen molar-refractivity contribution >= 4 is 23.3 Å². The first kappa shape index (κ1) is 15.5. The van der Waals surface area contributed by atoms with E-state index in [0.29, 0.717) is 0 Å². The summed E-state index contributed by atoms with van der Waals surface area (Å²) in [4.78, 5) is 21.9. The molecule has 1 fully saturated rings. The molecule has 21 heavy (non-hydrogen) atoms. The third-order valence-electron chi connectivity index (χ3n) is 3.69. The number of benzene rings is 1. The molecule has 7 nitrogen and oxygen atoms in total. The zero-order chi connectivity index (χ0) is 15.6. The van der Waals surface area contributed by atoms with Crippen LogP contribution >= 0.6 is 11.6 Å². The van der Waals surface area contributed by atoms with Crippen LogP contribution < -0.4 is 10.1 Å². The molecule has 1 aliphatic carbocycles. The van der Waals surface area contributed by atoms with Crippen LogP contribution in [0.1, 0.15) is 12.8 Å². The topological polar surface area (TPSA) is 102 Å². The number of para-hydroxylation sites is 1. The molecule has 1 aliphatic rings. The third kappa shape index (κ3) is 2.93. The zero-order valence-corrected chi connectivity index (χ0v) is 12.1. The molecule has 0 saturated heterocycles. The minimum absolute atomic E-state index is 0.0541. The van der Waals surface area contributed by atoms with Gasteiger partial charge in [0.25, 0.3) is 0 Å². The van der Waals surface area contributed by atoms with Crippen LogP contribution in [0.25, 0.3) is 0 Å². The molecule has 1 saturated carbocycles. The fourth-order valence-corrected chi connectivity index (χ4v) is 2.51. The second-order valence-electron chi connectivity index (χ2n) is 4.93. The maximum Gasteiger partial charge on any atom is 0.327 e. The minimum atomic E-state index is -1.26. The van der Waals surface area contributed by atoms with E-state index in [1.807, 2.05) is 0 Å². The van der Waals surface area contributed by atoms with Gasteiger partial charge in [-0.1, -0.05) is 17.7 Å². The molecular formula is C13H15ClN2O5. The molecular weight excluding hydrogens is 300 g/mol. The van der Waals surface area contributed by atoms with E-state index < -0.39 is 16.4 Å². The summed E-state index contributed by atoms with van der Waals surface area (Å²) in [6.45, 7) is -0.228. The summed E-state index contributed by atoms with van der Waals surface area (Å²) in [7, 11) is 1.54. The average Bonchev–Trinajstić information content (AvgIpc) is 3.25. The molecule has 1 aromatic rings. The Bertz CT molecular complexity index is 576. The Hall–Kier alpha value is -1.86. The van der Waals surface area contributed by atoms with Crippen molar-refractivity contribution in [1.29, 1.82) is 0 Å². The van der Waals surface area contributed by atoms with Crippen LogP contribution in [-0.2, 0) is 4.79 Å². The predicted octanol–water partition coefficient (Wildman–Crippen LogP) is 2.08. The van der Waals surface area contributed by atoms with E-state index in [9.17, 15) is 20.0 Å². The molecule has 2 rings (SSSR count). The standard InChI is InChI=1S/C13H15ClN2O5/c1-15-13(12(17)18,8-5-6-8)7-21-11-9(14)3-2-4-10(11)16(19)20/h2-4,8,15H,5-7H2,1H3,(H,17,18). The predicted molar refractivity (Wildman–Crippen MR) is 75.8 cm³/mol. The fourth-order valence-electron chi connectivity index (χ4n) is 2.28. The molecule has 114 valence electrons. The molecule has 0 bridgehead atoms. The van der Waals surface area contributed by atoms with E-state index in [0.717, 1.165) is 12.8 Å². The number of carbonyl (C=O) groups is 1. The highest BCUT2D eigenvalue weighted by atomic mass is 35.5. The number of carboxylic acids is 1. The number of rotatable bonds is 7. The lowest BCUT2D eigenvalue weighted by atomic mass is 9.94. The van der Waals surface area contributed by atoms with Crippen LogP contribution in [0.5, 0.6) is 5.75 Å². The van der Waals surface area contributed by atoms with E-state index in [4.69, 9.17) is 16.3 Å². The van der Waals surface area contributed by atoms with E-state index in [-0.39, 0.29) is 29.0 Å². The van der Waals surface area contributed by atoms with Crippen molar-refractivity contribution in [3.8, 4) is 5.75 Å². The summed E-state index contributed by atoms with van der Waals surface area (Å²) >= 11 is 5.92. The molecule has 0 heterocycles. The normalized spacial score (nSPS) is 17.0. The van der Waals surface area contributed by atoms with Gasteiger partial charge >= 0.3 is 11.7 Å². The Morgan fingerprint density at radius 3 is 2.76 bits per heavy atom. The van der Waals surface area contributed by atoms with Crippen LogP contribution in [0.3, 0.4) is 0 Å². The quantitative estimate of drug-likeness (QED) is 0.590. The Balaban J connectivity index is 2.26. The lowest BCUT2D eigenvalue weighted by Crippen LogP contribution is -2.56. The Morgan fingerprint density at radius 2 is 2.29 bits per heavy atom. The molecule has 1 unspecified atom stereocenters. The monoisotopic (exact) mass is 314 g/mol. The average molecular weight is 315 g/mol. The maximum absolute atomic E-state index is 11.5. The number of halogens is 1. The molecule has 0 radical (unpaired) electrons. The first-order valence-corrected chi connectivity index (χ1v) is 6.78. The molecule has 1 atom stereocenters. The maximum atomic E-state index is 11.5. The number of nitro benzene ring substituents is 1. The number of likely N-dealkylation sites (N-methyl/N-ethyl adjacent to an activating group) is 1. The highest BCUT2D eigenvalue weighted by Crippen LogP contribution is 2.41. The number of nitrogens with zero attached hydrogens (tertiary/aromatic N) is 1. The summed E-state index contributed by atoms with van der Waals surface area (Å²) in [6, 6.07) is 4.17. The van der Waals surface area contributed by atoms with Gasteiger partial charge in [0.2, 0.25) is 5.75 Å². The van der Waals surface area contributed by atoms with Gasteiger partial charge in [-0.3, -0.25) is 14.9 Å². The van der Waals surface area contributed by atoms with Gasteiger partial charge in [0.05, 0.1) is 9.95 Å². The van der Waals surface area contributed by atoms with Gasteiger partial charge < -0.3 is 15.2 Å². The van der Waals surface area contributed by atoms with Crippen LogP contribution in [0.4, 0.5) is 5.69 Å². The number of nitro groups is 1. The van der Waals surface area contributed by atoms with E-state index in [2.05, 4.69) is 5.32 Å². The van der Waals surface area contributed by atoms with Crippen LogP contribution in [0, 0.1) is 16.0 Å². The third-order valence-corrected chi connectivity index (χ3v) is 3.99. The number of nitrogens with one attached hydrogen (secondary N) is 1. The van der Waals surface area contributed by atoms with Crippen LogP contribution in [0.2, 0.25) is 5.02 Å². The van der Waals surface area contributed by atoms with Crippen LogP contribution in [-0.4, -0.2) is 35.2 Å². The summed E-state index contributed by atoms with van der Waals surface area (Å²) in [5, 5.41) is 23.3. The Morgan fingerprint density at radius 1 is 1.62 bits per heavy atom. The van der Waals surface area contributed by atoms with Crippen molar-refractivity contribution in [2.45, 2.75) is 18.4 Å². The Kier molecular flexibility index (Phi) is 4.34. The highest BCUT2D eigenvalue weighted by molar-refractivity contribution is 6.32. The highest BCUT2D eigenvalue weighted by Gasteiger charge is 2.51. The van der Waals surface area contributed by atoms with Gasteiger partial charge in [-0.25, -0.2) is 0 Å². The number of aliphatic carboxylic acids is 1. The fraction of sp³-hybridized carbons (Fsp3) is 0.462. The van der Waals surface area contributed by atoms with E-state index >= 15 is 0 Å². The Labute approximate surface area is 126 Å². The van der Waals surface area contributed by atoms with Crippen molar-refractivity contribution < 1.29 is 19.6 Å². The number of hydrogen-bond donors (Lipinski definition) is 2. The van der Waals surface area contributed by atoms with Gasteiger partial charge in [0.1, 0.15) is 6.61 Å². The lowest BCUT2D eigenvalue weighted by Gasteiger charge is -2.28. The first-order valence-electron chi connectivity index (χ1n) is 6.40. The van der Waals surface area contributed by atoms with E-state index in [1.54, 1.807) is 0 Å². The molecule has 1 aromatic carbocycles. The lowest BCUT2D eigenvalue weighted by molar-refractivity contribution is -0.385. The van der Waals surface area contributed by atoms with Crippen molar-refractivity contribution in [3.05, 3.63) is 33.3 Å². The summed E-state index contributed by atoms with van der Waals surface area (Å²) < 4.78 is 5.43. The second kappa shape index (κ2) is 5.87. The molecule has 0 aliphatic heterocycles. The van der Waals surface area contributed by atoms with Gasteiger partial charge in [-0.2, -0.15) is 0 Å². The van der Waals surface area contributed by atoms with Crippen molar-refractivity contribution in [2.24, 2.45) is 5.92 Å². The zero-order valence-electron chi connectivity index (χ0n) is 11.3. The summed E-state index contributed by atoms with van der Waals surface area (Å²) in [6.07, 6.45) is 1.56. The van der Waals surface area contributed by atoms with Gasteiger partial charge in [-0.15, -0.1) is 0 Å². The van der Waals surface area contributed by atoms with Gasteiger partial charge in [-0.05, 0) is 31.9 Å². The molecule has 0 amide bonds. The SMILES string of the molecule is CNC(COc1c(Cl)cccc1[N+](=O)[O-])(C(=O)O)C1CC1. The van der Waals surface area contributed by atoms with E-state index in [1.165, 1.54) is 25.2 Å². The number of ether oxygens (including phenoxy) is 1.